The summed E-state index contributed by atoms with van der Waals surface area (Å²) in [5.74, 6) is 0.587. The van der Waals surface area contributed by atoms with Crippen LogP contribution in [-0.4, -0.2) is 37.0 Å². The summed E-state index contributed by atoms with van der Waals surface area (Å²) in [6, 6.07) is 2.11. The fourth-order valence-electron chi connectivity index (χ4n) is 2.64. The normalized spacial score (nSPS) is 20.2. The molecule has 0 aliphatic carbocycles. The smallest absolute Gasteiger partial charge is 0.228 e. The maximum absolute atomic E-state index is 12.6. The number of carbonyl (C=O) groups excluding carboxylic acids is 1. The van der Waals surface area contributed by atoms with Crippen LogP contribution < -0.4 is 5.32 Å². The highest BCUT2D eigenvalue weighted by Gasteiger charge is 2.39. The van der Waals surface area contributed by atoms with E-state index >= 15 is 0 Å². The van der Waals surface area contributed by atoms with Gasteiger partial charge in [0, 0.05) is 18.5 Å². The minimum absolute atomic E-state index is 0.189. The van der Waals surface area contributed by atoms with Crippen molar-refractivity contribution < 1.29 is 4.79 Å². The number of rotatable bonds is 5. The second kappa shape index (κ2) is 6.75. The Morgan fingerprint density at radius 2 is 2.28 bits per heavy atom. The molecule has 1 heterocycles. The van der Waals surface area contributed by atoms with Gasteiger partial charge in [0.2, 0.25) is 5.91 Å². The molecule has 4 nitrogen and oxygen atoms in total. The van der Waals surface area contributed by atoms with Crippen LogP contribution in [0.2, 0.25) is 0 Å². The third-order valence-corrected chi connectivity index (χ3v) is 4.03. The van der Waals surface area contributed by atoms with Crippen LogP contribution in [0.4, 0.5) is 0 Å². The molecule has 1 unspecified atom stereocenters. The quantitative estimate of drug-likeness (QED) is 0.810. The highest BCUT2D eigenvalue weighted by molar-refractivity contribution is 5.82. The molecular formula is C14H25N3O. The molecule has 1 amide bonds. The zero-order valence-electron chi connectivity index (χ0n) is 11.8. The molecule has 1 aliphatic rings. The number of hydrogen-bond donors (Lipinski definition) is 1. The van der Waals surface area contributed by atoms with Crippen LogP contribution in [0.1, 0.15) is 40.0 Å². The van der Waals surface area contributed by atoms with Gasteiger partial charge in [0.05, 0.1) is 12.5 Å². The first kappa shape index (κ1) is 15.0. The van der Waals surface area contributed by atoms with Crippen molar-refractivity contribution in [3.05, 3.63) is 0 Å². The minimum atomic E-state index is -0.334. The van der Waals surface area contributed by atoms with Gasteiger partial charge in [-0.1, -0.05) is 13.8 Å². The van der Waals surface area contributed by atoms with E-state index in [1.54, 1.807) is 0 Å². The lowest BCUT2D eigenvalue weighted by molar-refractivity contribution is -0.143. The van der Waals surface area contributed by atoms with Gasteiger partial charge >= 0.3 is 0 Å². The van der Waals surface area contributed by atoms with Crippen LogP contribution in [0.5, 0.6) is 0 Å². The molecule has 1 fully saturated rings. The second-order valence-electron chi connectivity index (χ2n) is 5.56. The number of hydrogen-bond acceptors (Lipinski definition) is 3. The number of nitriles is 1. The monoisotopic (exact) mass is 251 g/mol. The topological polar surface area (TPSA) is 56.1 Å². The molecular weight excluding hydrogens is 226 g/mol. The first-order chi connectivity index (χ1) is 8.54. The second-order valence-corrected chi connectivity index (χ2v) is 5.56. The third-order valence-electron chi connectivity index (χ3n) is 4.03. The molecule has 0 spiro atoms. The molecule has 1 rings (SSSR count). The van der Waals surface area contributed by atoms with E-state index in [1.165, 1.54) is 0 Å². The molecule has 102 valence electrons. The highest BCUT2D eigenvalue weighted by Crippen LogP contribution is 2.33. The summed E-state index contributed by atoms with van der Waals surface area (Å²) < 4.78 is 0. The molecule has 18 heavy (non-hydrogen) atoms. The van der Waals surface area contributed by atoms with Gasteiger partial charge in [0.25, 0.3) is 0 Å². The number of carbonyl (C=O) groups is 1. The predicted molar refractivity (Wildman–Crippen MR) is 71.9 cm³/mol. The maximum atomic E-state index is 12.6. The van der Waals surface area contributed by atoms with E-state index in [1.807, 2.05) is 25.7 Å². The summed E-state index contributed by atoms with van der Waals surface area (Å²) in [6.45, 7) is 9.29. The van der Waals surface area contributed by atoms with Crippen molar-refractivity contribution in [3.8, 4) is 6.07 Å². The molecule has 0 aromatic carbocycles. The fourth-order valence-corrected chi connectivity index (χ4v) is 2.64. The lowest BCUT2D eigenvalue weighted by Gasteiger charge is -2.39. The van der Waals surface area contributed by atoms with Gasteiger partial charge in [-0.25, -0.2) is 0 Å². The van der Waals surface area contributed by atoms with Crippen molar-refractivity contribution in [2.24, 2.45) is 11.3 Å². The van der Waals surface area contributed by atoms with Gasteiger partial charge in [-0.15, -0.1) is 0 Å². The summed E-state index contributed by atoms with van der Waals surface area (Å²) in [4.78, 5) is 14.4. The van der Waals surface area contributed by atoms with Crippen molar-refractivity contribution in [1.29, 1.82) is 5.26 Å². The van der Waals surface area contributed by atoms with Crippen molar-refractivity contribution in [1.82, 2.24) is 10.2 Å². The van der Waals surface area contributed by atoms with E-state index in [0.717, 1.165) is 25.9 Å². The molecule has 1 N–H and O–H groups in total. The molecule has 0 radical (unpaired) electrons. The van der Waals surface area contributed by atoms with E-state index in [2.05, 4.69) is 11.4 Å². The van der Waals surface area contributed by atoms with Gasteiger partial charge in [0.15, 0.2) is 0 Å². The van der Waals surface area contributed by atoms with Crippen LogP contribution in [0.25, 0.3) is 0 Å². The van der Waals surface area contributed by atoms with Gasteiger partial charge in [-0.2, -0.15) is 5.26 Å². The van der Waals surface area contributed by atoms with Gasteiger partial charge in [-0.05, 0) is 38.8 Å². The molecule has 0 saturated carbocycles. The first-order valence-electron chi connectivity index (χ1n) is 6.91. The first-order valence-corrected chi connectivity index (χ1v) is 6.91. The van der Waals surface area contributed by atoms with E-state index in [0.29, 0.717) is 25.4 Å². The zero-order chi connectivity index (χ0) is 13.6. The Morgan fingerprint density at radius 3 is 2.78 bits per heavy atom. The fraction of sp³-hybridized carbons (Fsp3) is 0.857. The predicted octanol–water partition coefficient (Wildman–Crippen LogP) is 1.77. The maximum Gasteiger partial charge on any atom is 0.228 e. The van der Waals surface area contributed by atoms with Crippen molar-refractivity contribution in [3.63, 3.8) is 0 Å². The van der Waals surface area contributed by atoms with E-state index in [4.69, 9.17) is 5.26 Å². The average molecular weight is 251 g/mol. The molecule has 4 heteroatoms. The number of nitrogens with one attached hydrogen (secondary N) is 1. The molecule has 1 atom stereocenters. The summed E-state index contributed by atoms with van der Waals surface area (Å²) in [6.07, 6.45) is 2.67. The zero-order valence-corrected chi connectivity index (χ0v) is 11.8. The largest absolute Gasteiger partial charge is 0.341 e. The van der Waals surface area contributed by atoms with Crippen molar-refractivity contribution >= 4 is 5.91 Å². The van der Waals surface area contributed by atoms with Gasteiger partial charge in [0.1, 0.15) is 0 Å². The molecule has 1 saturated heterocycles. The summed E-state index contributed by atoms with van der Waals surface area (Å²) >= 11 is 0. The SMILES string of the molecule is CCN(CCC#N)C(=O)C(C)(C)C1CCCNC1. The van der Waals surface area contributed by atoms with Crippen LogP contribution in [0.15, 0.2) is 0 Å². The lowest BCUT2D eigenvalue weighted by Crippen LogP contribution is -2.49. The summed E-state index contributed by atoms with van der Waals surface area (Å²) in [7, 11) is 0. The summed E-state index contributed by atoms with van der Waals surface area (Å²) in [5, 5.41) is 12.0. The molecule has 0 aromatic rings. The van der Waals surface area contributed by atoms with Crippen LogP contribution >= 0.6 is 0 Å². The lowest BCUT2D eigenvalue weighted by atomic mass is 9.74. The minimum Gasteiger partial charge on any atom is -0.341 e. The standard InChI is InChI=1S/C14H25N3O/c1-4-17(10-6-8-15)13(18)14(2,3)12-7-5-9-16-11-12/h12,16H,4-7,9-11H2,1-3H3. The Bertz CT molecular complexity index is 313. The van der Waals surface area contributed by atoms with Gasteiger partial charge < -0.3 is 10.2 Å². The van der Waals surface area contributed by atoms with E-state index in [-0.39, 0.29) is 11.3 Å². The molecule has 0 bridgehead atoms. The van der Waals surface area contributed by atoms with E-state index < -0.39 is 0 Å². The Labute approximate surface area is 110 Å². The Balaban J connectivity index is 2.68. The van der Waals surface area contributed by atoms with Crippen molar-refractivity contribution in [2.45, 2.75) is 40.0 Å². The van der Waals surface area contributed by atoms with Crippen LogP contribution in [0.3, 0.4) is 0 Å². The summed E-state index contributed by atoms with van der Waals surface area (Å²) in [5.41, 5.74) is -0.334. The molecule has 0 aromatic heterocycles. The van der Waals surface area contributed by atoms with Crippen LogP contribution in [0, 0.1) is 22.7 Å². The Hall–Kier alpha value is -1.08. The Morgan fingerprint density at radius 1 is 1.56 bits per heavy atom. The number of nitrogens with zero attached hydrogens (tertiary/aromatic N) is 2. The molecule has 1 aliphatic heterocycles. The Kier molecular flexibility index (Phi) is 5.61. The van der Waals surface area contributed by atoms with Crippen molar-refractivity contribution in [2.75, 3.05) is 26.2 Å². The van der Waals surface area contributed by atoms with Crippen LogP contribution in [-0.2, 0) is 4.79 Å². The number of amides is 1. The number of piperidine rings is 1. The highest BCUT2D eigenvalue weighted by atomic mass is 16.2. The third kappa shape index (κ3) is 3.46. The van der Waals surface area contributed by atoms with E-state index in [9.17, 15) is 4.79 Å². The van der Waals surface area contributed by atoms with Gasteiger partial charge in [-0.3, -0.25) is 4.79 Å². The average Bonchev–Trinajstić information content (AvgIpc) is 2.40.